The third-order valence-corrected chi connectivity index (χ3v) is 6.78. The topological polar surface area (TPSA) is 53.4 Å². The van der Waals surface area contributed by atoms with Crippen LogP contribution in [0.5, 0.6) is 0 Å². The number of fused-ring (bicyclic) bond motifs is 1. The van der Waals surface area contributed by atoms with E-state index in [2.05, 4.69) is 71.8 Å². The zero-order chi connectivity index (χ0) is 22.0. The third kappa shape index (κ3) is 5.01. The molecule has 6 nitrogen and oxygen atoms in total. The van der Waals surface area contributed by atoms with Crippen LogP contribution in [-0.4, -0.2) is 64.8 Å². The van der Waals surface area contributed by atoms with Crippen LogP contribution in [0.1, 0.15) is 63.4 Å². The Kier molecular flexibility index (Phi) is 6.49. The standard InChI is InChI=1S/C25H37N5O/c1-5-28-13-15-29(16-14-28)18-24(31)27-22-7-6-8-23-21(22)17-26-30(23)20-11-9-19(10-12-20)25(2,3)4/h9-12,17,22H,5-8,13-16,18H2,1-4H3,(H,27,31). The molecule has 0 bridgehead atoms. The molecule has 1 unspecified atom stereocenters. The Balaban J connectivity index is 1.42. The average Bonchev–Trinajstić information content (AvgIpc) is 3.19. The zero-order valence-corrected chi connectivity index (χ0v) is 19.5. The number of nitrogens with one attached hydrogen (secondary N) is 1. The number of aromatic nitrogens is 2. The van der Waals surface area contributed by atoms with Crippen molar-refractivity contribution in [3.05, 3.63) is 47.3 Å². The van der Waals surface area contributed by atoms with Crippen molar-refractivity contribution < 1.29 is 4.79 Å². The maximum Gasteiger partial charge on any atom is 0.234 e. The third-order valence-electron chi connectivity index (χ3n) is 6.78. The first-order chi connectivity index (χ1) is 14.8. The molecular weight excluding hydrogens is 386 g/mol. The molecule has 0 radical (unpaired) electrons. The molecule has 6 heteroatoms. The lowest BCUT2D eigenvalue weighted by Crippen LogP contribution is -2.49. The van der Waals surface area contributed by atoms with Gasteiger partial charge in [-0.2, -0.15) is 5.10 Å². The van der Waals surface area contributed by atoms with Crippen LogP contribution in [0.25, 0.3) is 5.69 Å². The average molecular weight is 424 g/mol. The van der Waals surface area contributed by atoms with Crippen LogP contribution in [-0.2, 0) is 16.6 Å². The lowest BCUT2D eigenvalue weighted by molar-refractivity contribution is -0.123. The second-order valence-electron chi connectivity index (χ2n) is 9.98. The molecule has 1 aliphatic carbocycles. The number of amides is 1. The fourth-order valence-corrected chi connectivity index (χ4v) is 4.74. The molecule has 168 valence electrons. The maximum absolute atomic E-state index is 12.8. The molecule has 2 aliphatic rings. The van der Waals surface area contributed by atoms with Gasteiger partial charge in [0.25, 0.3) is 0 Å². The Morgan fingerprint density at radius 3 is 2.42 bits per heavy atom. The van der Waals surface area contributed by atoms with Crippen molar-refractivity contribution in [2.45, 2.75) is 58.4 Å². The summed E-state index contributed by atoms with van der Waals surface area (Å²) in [6, 6.07) is 8.78. The number of benzene rings is 1. The van der Waals surface area contributed by atoms with Gasteiger partial charge in [-0.15, -0.1) is 0 Å². The fourth-order valence-electron chi connectivity index (χ4n) is 4.74. The molecule has 2 aromatic rings. The summed E-state index contributed by atoms with van der Waals surface area (Å²) in [4.78, 5) is 17.5. The SMILES string of the molecule is CCN1CCN(CC(=O)NC2CCCc3c2cnn3-c2ccc(C(C)(C)C)cc2)CC1. The van der Waals surface area contributed by atoms with E-state index in [1.54, 1.807) is 0 Å². The van der Waals surface area contributed by atoms with E-state index in [0.29, 0.717) is 6.54 Å². The Morgan fingerprint density at radius 2 is 1.77 bits per heavy atom. The summed E-state index contributed by atoms with van der Waals surface area (Å²) in [5.74, 6) is 0.130. The number of carbonyl (C=O) groups is 1. The van der Waals surface area contributed by atoms with Gasteiger partial charge in [-0.05, 0) is 48.9 Å². The largest absolute Gasteiger partial charge is 0.348 e. The minimum absolute atomic E-state index is 0.0655. The van der Waals surface area contributed by atoms with Gasteiger partial charge < -0.3 is 10.2 Å². The number of likely N-dealkylation sites (N-methyl/N-ethyl adjacent to an activating group) is 1. The second-order valence-corrected chi connectivity index (χ2v) is 9.98. The summed E-state index contributed by atoms with van der Waals surface area (Å²) in [7, 11) is 0. The number of carbonyl (C=O) groups excluding carboxylic acids is 1. The van der Waals surface area contributed by atoms with Crippen LogP contribution in [0, 0.1) is 0 Å². The number of piperazine rings is 1. The van der Waals surface area contributed by atoms with Gasteiger partial charge >= 0.3 is 0 Å². The molecular formula is C25H37N5O. The predicted octanol–water partition coefficient (Wildman–Crippen LogP) is 3.30. The number of nitrogens with zero attached hydrogens (tertiary/aromatic N) is 4. The van der Waals surface area contributed by atoms with Gasteiger partial charge in [-0.25, -0.2) is 4.68 Å². The maximum atomic E-state index is 12.8. The normalized spacial score (nSPS) is 20.5. The van der Waals surface area contributed by atoms with Gasteiger partial charge in [0, 0.05) is 37.4 Å². The first-order valence-corrected chi connectivity index (χ1v) is 11.8. The minimum Gasteiger partial charge on any atom is -0.348 e. The Labute approximate surface area is 186 Å². The van der Waals surface area contributed by atoms with E-state index in [-0.39, 0.29) is 17.4 Å². The molecule has 1 amide bonds. The van der Waals surface area contributed by atoms with Gasteiger partial charge in [0.05, 0.1) is 24.5 Å². The number of hydrogen-bond donors (Lipinski definition) is 1. The summed E-state index contributed by atoms with van der Waals surface area (Å²) in [6.07, 6.45) is 5.01. The summed E-state index contributed by atoms with van der Waals surface area (Å²) in [5.41, 5.74) is 4.96. The Hall–Kier alpha value is -2.18. The number of hydrogen-bond acceptors (Lipinski definition) is 4. The van der Waals surface area contributed by atoms with E-state index in [4.69, 9.17) is 5.10 Å². The molecule has 1 fully saturated rings. The lowest BCUT2D eigenvalue weighted by atomic mass is 9.87. The molecule has 1 aliphatic heterocycles. The molecule has 1 atom stereocenters. The first-order valence-electron chi connectivity index (χ1n) is 11.8. The van der Waals surface area contributed by atoms with E-state index >= 15 is 0 Å². The highest BCUT2D eigenvalue weighted by Gasteiger charge is 2.27. The molecule has 2 heterocycles. The van der Waals surface area contributed by atoms with Gasteiger partial charge in [-0.3, -0.25) is 9.69 Å². The molecule has 1 aromatic carbocycles. The minimum atomic E-state index is 0.0655. The molecule has 0 spiro atoms. The van der Waals surface area contributed by atoms with Crippen molar-refractivity contribution >= 4 is 5.91 Å². The van der Waals surface area contributed by atoms with E-state index < -0.39 is 0 Å². The van der Waals surface area contributed by atoms with E-state index in [1.807, 2.05) is 6.20 Å². The van der Waals surface area contributed by atoms with Crippen LogP contribution in [0.3, 0.4) is 0 Å². The molecule has 4 rings (SSSR count). The molecule has 1 N–H and O–H groups in total. The van der Waals surface area contributed by atoms with E-state index in [1.165, 1.54) is 16.8 Å². The summed E-state index contributed by atoms with van der Waals surface area (Å²) in [5, 5.41) is 7.99. The van der Waals surface area contributed by atoms with Crippen molar-refractivity contribution in [3.8, 4) is 5.69 Å². The highest BCUT2D eigenvalue weighted by molar-refractivity contribution is 5.78. The van der Waals surface area contributed by atoms with Crippen molar-refractivity contribution in [2.24, 2.45) is 0 Å². The Bertz CT molecular complexity index is 888. The summed E-state index contributed by atoms with van der Waals surface area (Å²) in [6.45, 7) is 14.5. The van der Waals surface area contributed by atoms with E-state index in [9.17, 15) is 4.79 Å². The predicted molar refractivity (Wildman–Crippen MR) is 125 cm³/mol. The van der Waals surface area contributed by atoms with Crippen molar-refractivity contribution in [1.82, 2.24) is 24.9 Å². The zero-order valence-electron chi connectivity index (χ0n) is 19.5. The summed E-state index contributed by atoms with van der Waals surface area (Å²) < 4.78 is 2.06. The molecule has 1 aromatic heterocycles. The van der Waals surface area contributed by atoms with Crippen LogP contribution in [0.15, 0.2) is 30.5 Å². The van der Waals surface area contributed by atoms with Crippen molar-refractivity contribution in [2.75, 3.05) is 39.3 Å². The fraction of sp³-hybridized carbons (Fsp3) is 0.600. The van der Waals surface area contributed by atoms with E-state index in [0.717, 1.165) is 57.7 Å². The first kappa shape index (κ1) is 22.0. The molecule has 31 heavy (non-hydrogen) atoms. The monoisotopic (exact) mass is 423 g/mol. The lowest BCUT2D eigenvalue weighted by Gasteiger charge is -2.34. The highest BCUT2D eigenvalue weighted by Crippen LogP contribution is 2.31. The summed E-state index contributed by atoms with van der Waals surface area (Å²) >= 11 is 0. The smallest absolute Gasteiger partial charge is 0.234 e. The van der Waals surface area contributed by atoms with Crippen LogP contribution in [0.4, 0.5) is 0 Å². The Morgan fingerprint density at radius 1 is 1.10 bits per heavy atom. The van der Waals surface area contributed by atoms with Crippen LogP contribution >= 0.6 is 0 Å². The second kappa shape index (κ2) is 9.13. The molecule has 1 saturated heterocycles. The quantitative estimate of drug-likeness (QED) is 0.802. The van der Waals surface area contributed by atoms with Crippen LogP contribution < -0.4 is 5.32 Å². The van der Waals surface area contributed by atoms with Gasteiger partial charge in [0.2, 0.25) is 5.91 Å². The van der Waals surface area contributed by atoms with Gasteiger partial charge in [0.15, 0.2) is 0 Å². The highest BCUT2D eigenvalue weighted by atomic mass is 16.2. The van der Waals surface area contributed by atoms with Gasteiger partial charge in [0.1, 0.15) is 0 Å². The van der Waals surface area contributed by atoms with Gasteiger partial charge in [-0.1, -0.05) is 39.8 Å². The number of rotatable bonds is 5. The molecule has 0 saturated carbocycles. The van der Waals surface area contributed by atoms with Crippen molar-refractivity contribution in [1.29, 1.82) is 0 Å². The van der Waals surface area contributed by atoms with Crippen molar-refractivity contribution in [3.63, 3.8) is 0 Å². The van der Waals surface area contributed by atoms with Crippen LogP contribution in [0.2, 0.25) is 0 Å².